The largest absolute Gasteiger partial charge is 0.457 e. The van der Waals surface area contributed by atoms with Gasteiger partial charge < -0.3 is 9.52 Å². The lowest BCUT2D eigenvalue weighted by Crippen LogP contribution is -1.99. The van der Waals surface area contributed by atoms with Crippen molar-refractivity contribution >= 4 is 22.2 Å². The van der Waals surface area contributed by atoms with Gasteiger partial charge in [0.2, 0.25) is 0 Å². The smallest absolute Gasteiger partial charge is 0.155 e. The van der Waals surface area contributed by atoms with Crippen LogP contribution in [0.15, 0.2) is 58.3 Å². The molecule has 0 bridgehead atoms. The maximum absolute atomic E-state index is 9.17. The fraction of sp³-hybridized carbons (Fsp3) is 0.118. The van der Waals surface area contributed by atoms with Gasteiger partial charge in [-0.15, -0.1) is 11.3 Å². The maximum atomic E-state index is 9.17. The summed E-state index contributed by atoms with van der Waals surface area (Å²) in [7, 11) is 0. The Morgan fingerprint density at radius 3 is 2.77 bits per heavy atom. The van der Waals surface area contributed by atoms with Crippen molar-refractivity contribution < 1.29 is 9.52 Å². The Balaban J connectivity index is 1.85. The summed E-state index contributed by atoms with van der Waals surface area (Å²) < 4.78 is 7.65. The van der Waals surface area contributed by atoms with Crippen molar-refractivity contribution in [2.24, 2.45) is 0 Å². The molecule has 0 radical (unpaired) electrons. The van der Waals surface area contributed by atoms with Crippen molar-refractivity contribution in [3.8, 4) is 11.5 Å². The fourth-order valence-electron chi connectivity index (χ4n) is 2.57. The van der Waals surface area contributed by atoms with E-state index in [9.17, 15) is 0 Å². The number of hydrogen-bond donors (Lipinski definition) is 1. The van der Waals surface area contributed by atoms with E-state index in [0.717, 1.165) is 23.1 Å². The molecule has 0 fully saturated rings. The summed E-state index contributed by atoms with van der Waals surface area (Å²) in [5.74, 6) is 1.23. The number of para-hydroxylation sites is 1. The highest BCUT2D eigenvalue weighted by molar-refractivity contribution is 7.09. The fourth-order valence-corrected chi connectivity index (χ4v) is 3.26. The van der Waals surface area contributed by atoms with Gasteiger partial charge >= 0.3 is 0 Å². The van der Waals surface area contributed by atoms with Crippen LogP contribution in [0.2, 0.25) is 0 Å². The molecule has 22 heavy (non-hydrogen) atoms. The number of nitrogens with zero attached hydrogens (tertiary/aromatic N) is 2. The van der Waals surface area contributed by atoms with Crippen LogP contribution in [-0.4, -0.2) is 14.9 Å². The lowest BCUT2D eigenvalue weighted by molar-refractivity contribution is 0.248. The van der Waals surface area contributed by atoms with Gasteiger partial charge in [0.15, 0.2) is 5.76 Å². The Bertz CT molecular complexity index is 906. The Morgan fingerprint density at radius 2 is 2.00 bits per heavy atom. The second kappa shape index (κ2) is 5.44. The predicted molar refractivity (Wildman–Crippen MR) is 86.8 cm³/mol. The third-order valence-electron chi connectivity index (χ3n) is 3.59. The minimum absolute atomic E-state index is 0.103. The molecule has 0 amide bonds. The van der Waals surface area contributed by atoms with Crippen LogP contribution in [0.5, 0.6) is 0 Å². The van der Waals surface area contributed by atoms with Gasteiger partial charge in [-0.3, -0.25) is 4.68 Å². The molecule has 0 saturated heterocycles. The standard InChI is InChI=1S/C17H14N2O2S/c20-11-12-7-8-16(21-12)17-14-5-1-2-6-15(14)19(18-17)10-13-4-3-9-22-13/h1-9,20H,10-11H2. The first-order valence-electron chi connectivity index (χ1n) is 7.03. The third kappa shape index (κ3) is 2.24. The molecule has 0 aliphatic carbocycles. The van der Waals surface area contributed by atoms with Crippen LogP contribution >= 0.6 is 11.3 Å². The van der Waals surface area contributed by atoms with Crippen LogP contribution in [0.4, 0.5) is 0 Å². The average Bonchev–Trinajstić information content (AvgIpc) is 3.27. The first kappa shape index (κ1) is 13.3. The molecule has 3 heterocycles. The van der Waals surface area contributed by atoms with Gasteiger partial charge in [-0.2, -0.15) is 5.10 Å². The molecule has 0 aliphatic heterocycles. The molecule has 4 rings (SSSR count). The summed E-state index contributed by atoms with van der Waals surface area (Å²) in [6.07, 6.45) is 0. The second-order valence-corrected chi connectivity index (χ2v) is 6.06. The van der Waals surface area contributed by atoms with E-state index >= 15 is 0 Å². The molecule has 0 saturated carbocycles. The summed E-state index contributed by atoms with van der Waals surface area (Å²) in [5.41, 5.74) is 1.89. The third-order valence-corrected chi connectivity index (χ3v) is 4.46. The van der Waals surface area contributed by atoms with Crippen LogP contribution in [-0.2, 0) is 13.2 Å². The summed E-state index contributed by atoms with van der Waals surface area (Å²) in [5, 5.41) is 17.0. The number of aliphatic hydroxyl groups excluding tert-OH is 1. The van der Waals surface area contributed by atoms with E-state index in [2.05, 4.69) is 17.5 Å². The molecule has 0 atom stereocenters. The maximum Gasteiger partial charge on any atom is 0.155 e. The molecule has 110 valence electrons. The summed E-state index contributed by atoms with van der Waals surface area (Å²) in [6.45, 7) is 0.638. The zero-order chi connectivity index (χ0) is 14.9. The Labute approximate surface area is 131 Å². The zero-order valence-electron chi connectivity index (χ0n) is 11.8. The van der Waals surface area contributed by atoms with E-state index in [-0.39, 0.29) is 6.61 Å². The van der Waals surface area contributed by atoms with E-state index in [4.69, 9.17) is 14.6 Å². The van der Waals surface area contributed by atoms with E-state index < -0.39 is 0 Å². The van der Waals surface area contributed by atoms with Crippen molar-refractivity contribution in [2.45, 2.75) is 13.2 Å². The normalized spacial score (nSPS) is 11.3. The summed E-state index contributed by atoms with van der Waals surface area (Å²) in [4.78, 5) is 1.26. The number of thiophene rings is 1. The van der Waals surface area contributed by atoms with Gasteiger partial charge in [-0.1, -0.05) is 24.3 Å². The van der Waals surface area contributed by atoms with E-state index in [0.29, 0.717) is 11.5 Å². The van der Waals surface area contributed by atoms with Crippen molar-refractivity contribution in [3.05, 3.63) is 64.5 Å². The summed E-state index contributed by atoms with van der Waals surface area (Å²) in [6, 6.07) is 15.9. The van der Waals surface area contributed by atoms with Gasteiger partial charge in [-0.25, -0.2) is 0 Å². The number of aromatic nitrogens is 2. The molecular formula is C17H14N2O2S. The van der Waals surface area contributed by atoms with E-state index in [1.54, 1.807) is 17.4 Å². The number of furan rings is 1. The lowest BCUT2D eigenvalue weighted by atomic mass is 10.2. The minimum Gasteiger partial charge on any atom is -0.457 e. The quantitative estimate of drug-likeness (QED) is 0.622. The van der Waals surface area contributed by atoms with Crippen molar-refractivity contribution in [2.75, 3.05) is 0 Å². The van der Waals surface area contributed by atoms with Crippen LogP contribution in [0.1, 0.15) is 10.6 Å². The number of rotatable bonds is 4. The van der Waals surface area contributed by atoms with Gasteiger partial charge in [0.1, 0.15) is 18.1 Å². The SMILES string of the molecule is OCc1ccc(-c2nn(Cc3cccs3)c3ccccc23)o1. The Kier molecular flexibility index (Phi) is 3.29. The molecule has 3 aromatic heterocycles. The van der Waals surface area contributed by atoms with Gasteiger partial charge in [-0.05, 0) is 29.6 Å². The predicted octanol–water partition coefficient (Wildman–Crippen LogP) is 3.90. The molecule has 0 spiro atoms. The Morgan fingerprint density at radius 1 is 1.09 bits per heavy atom. The first-order valence-corrected chi connectivity index (χ1v) is 7.91. The molecule has 0 unspecified atom stereocenters. The van der Waals surface area contributed by atoms with Crippen molar-refractivity contribution in [1.82, 2.24) is 9.78 Å². The molecule has 1 aromatic carbocycles. The highest BCUT2D eigenvalue weighted by Crippen LogP contribution is 2.30. The second-order valence-electron chi connectivity index (χ2n) is 5.03. The van der Waals surface area contributed by atoms with Gasteiger partial charge in [0.25, 0.3) is 0 Å². The highest BCUT2D eigenvalue weighted by atomic mass is 32.1. The van der Waals surface area contributed by atoms with Crippen LogP contribution in [0, 0.1) is 0 Å². The Hall–Kier alpha value is -2.37. The lowest BCUT2D eigenvalue weighted by Gasteiger charge is -2.00. The molecule has 4 aromatic rings. The van der Waals surface area contributed by atoms with E-state index in [1.807, 2.05) is 35.0 Å². The molecule has 0 aliphatic rings. The van der Waals surface area contributed by atoms with Gasteiger partial charge in [0.05, 0.1) is 12.1 Å². The molecular weight excluding hydrogens is 296 g/mol. The molecule has 5 heteroatoms. The monoisotopic (exact) mass is 310 g/mol. The van der Waals surface area contributed by atoms with Crippen LogP contribution in [0.3, 0.4) is 0 Å². The number of fused-ring (bicyclic) bond motifs is 1. The van der Waals surface area contributed by atoms with Gasteiger partial charge in [0, 0.05) is 10.3 Å². The van der Waals surface area contributed by atoms with E-state index in [1.165, 1.54) is 4.88 Å². The number of hydrogen-bond acceptors (Lipinski definition) is 4. The first-order chi connectivity index (χ1) is 10.8. The number of aliphatic hydroxyl groups is 1. The minimum atomic E-state index is -0.103. The van der Waals surface area contributed by atoms with Crippen molar-refractivity contribution in [3.63, 3.8) is 0 Å². The molecule has 1 N–H and O–H groups in total. The van der Waals surface area contributed by atoms with Crippen LogP contribution < -0.4 is 0 Å². The molecule has 4 nitrogen and oxygen atoms in total. The zero-order valence-corrected chi connectivity index (χ0v) is 12.6. The van der Waals surface area contributed by atoms with Crippen LogP contribution in [0.25, 0.3) is 22.4 Å². The topological polar surface area (TPSA) is 51.2 Å². The highest BCUT2D eigenvalue weighted by Gasteiger charge is 2.15. The average molecular weight is 310 g/mol. The van der Waals surface area contributed by atoms with Crippen molar-refractivity contribution in [1.29, 1.82) is 0 Å². The number of benzene rings is 1. The summed E-state index contributed by atoms with van der Waals surface area (Å²) >= 11 is 1.72.